The molecule has 0 radical (unpaired) electrons. The van der Waals surface area contributed by atoms with Gasteiger partial charge >= 0.3 is 0 Å². The van der Waals surface area contributed by atoms with Crippen LogP contribution in [-0.2, 0) is 28.0 Å². The lowest BCUT2D eigenvalue weighted by Gasteiger charge is -2.38. The zero-order valence-corrected chi connectivity index (χ0v) is 25.4. The Labute approximate surface area is 225 Å². The Hall–Kier alpha value is -1.98. The number of aliphatic hydroxyl groups is 1. The second-order valence-corrected chi connectivity index (χ2v) is 17.4. The van der Waals surface area contributed by atoms with E-state index in [0.717, 1.165) is 35.4 Å². The maximum atomic E-state index is 11.1. The van der Waals surface area contributed by atoms with Crippen molar-refractivity contribution in [3.8, 4) is 22.7 Å². The smallest absolute Gasteiger partial charge is 0.146 e. The lowest BCUT2D eigenvalue weighted by Crippen LogP contribution is -2.43. The van der Waals surface area contributed by atoms with Crippen molar-refractivity contribution in [2.45, 2.75) is 110 Å². The molecule has 2 aromatic rings. The Morgan fingerprint density at radius 3 is 2.32 bits per heavy atom. The van der Waals surface area contributed by atoms with Gasteiger partial charge < -0.3 is 14.6 Å². The van der Waals surface area contributed by atoms with Crippen molar-refractivity contribution in [2.24, 2.45) is 0 Å². The van der Waals surface area contributed by atoms with Crippen LogP contribution in [-0.4, -0.2) is 54.1 Å². The summed E-state index contributed by atoms with van der Waals surface area (Å²) in [5.74, 6) is 3.63. The monoisotopic (exact) mass is 525 g/mol. The molecule has 204 valence electrons. The predicted molar refractivity (Wildman–Crippen MR) is 153 cm³/mol. The Balaban J connectivity index is 1.97. The molecule has 6 nitrogen and oxygen atoms in total. The number of rotatable bonds is 9. The average Bonchev–Trinajstić information content (AvgIpc) is 3.28. The number of benzene rings is 1. The van der Waals surface area contributed by atoms with Crippen LogP contribution in [0.4, 0.5) is 0 Å². The quantitative estimate of drug-likeness (QED) is 0.316. The first-order chi connectivity index (χ1) is 17.4. The van der Waals surface area contributed by atoms with Gasteiger partial charge in [-0.05, 0) is 61.0 Å². The second kappa shape index (κ2) is 12.3. The van der Waals surface area contributed by atoms with Gasteiger partial charge in [-0.3, -0.25) is 0 Å². The zero-order valence-electron chi connectivity index (χ0n) is 24.4. The van der Waals surface area contributed by atoms with Crippen molar-refractivity contribution >= 4 is 8.07 Å². The summed E-state index contributed by atoms with van der Waals surface area (Å²) in [6.07, 6.45) is 1.68. The maximum absolute atomic E-state index is 11.1. The van der Waals surface area contributed by atoms with Crippen LogP contribution in [0.3, 0.4) is 0 Å². The molecule has 1 saturated heterocycles. The average molecular weight is 526 g/mol. The number of hydrogen-bond acceptors (Lipinski definition) is 5. The maximum Gasteiger partial charge on any atom is 0.146 e. The van der Waals surface area contributed by atoms with Crippen LogP contribution >= 0.6 is 0 Å². The molecule has 1 unspecified atom stereocenters. The molecule has 0 aliphatic carbocycles. The molecule has 0 saturated carbocycles. The minimum absolute atomic E-state index is 0.0406. The van der Waals surface area contributed by atoms with Crippen LogP contribution in [0.25, 0.3) is 11.3 Å². The first kappa shape index (κ1) is 29.6. The van der Waals surface area contributed by atoms with Crippen LogP contribution in [0, 0.1) is 11.5 Å². The first-order valence-corrected chi connectivity index (χ1v) is 16.2. The van der Waals surface area contributed by atoms with Gasteiger partial charge in [0.05, 0.1) is 31.6 Å². The van der Waals surface area contributed by atoms with E-state index in [1.165, 1.54) is 5.56 Å². The van der Waals surface area contributed by atoms with Gasteiger partial charge in [0.2, 0.25) is 0 Å². The van der Waals surface area contributed by atoms with E-state index in [1.54, 1.807) is 13.8 Å². The summed E-state index contributed by atoms with van der Waals surface area (Å²) in [6.45, 7) is 22.3. The van der Waals surface area contributed by atoms with Crippen molar-refractivity contribution in [3.63, 3.8) is 0 Å². The Kier molecular flexibility index (Phi) is 9.79. The fourth-order valence-corrected chi connectivity index (χ4v) is 11.2. The first-order valence-electron chi connectivity index (χ1n) is 13.9. The highest BCUT2D eigenvalue weighted by Crippen LogP contribution is 2.41. The molecule has 0 amide bonds. The number of nitrogens with zero attached hydrogens (tertiary/aromatic N) is 3. The number of ether oxygens (including phenoxy) is 2. The summed E-state index contributed by atoms with van der Waals surface area (Å²) < 4.78 is 13.1. The molecule has 1 aromatic heterocycles. The van der Waals surface area contributed by atoms with Gasteiger partial charge in [-0.1, -0.05) is 65.7 Å². The minimum atomic E-state index is -1.82. The minimum Gasteiger partial charge on any atom is -0.384 e. The van der Waals surface area contributed by atoms with E-state index in [9.17, 15) is 5.11 Å². The molecular weight excluding hydrogens is 478 g/mol. The van der Waals surface area contributed by atoms with E-state index in [-0.39, 0.29) is 6.10 Å². The molecule has 3 rings (SSSR count). The highest BCUT2D eigenvalue weighted by Gasteiger charge is 2.41. The lowest BCUT2D eigenvalue weighted by atomic mass is 9.95. The molecule has 0 spiro atoms. The van der Waals surface area contributed by atoms with Crippen molar-refractivity contribution < 1.29 is 14.6 Å². The summed E-state index contributed by atoms with van der Waals surface area (Å²) >= 11 is 0. The Morgan fingerprint density at radius 2 is 1.78 bits per heavy atom. The summed E-state index contributed by atoms with van der Waals surface area (Å²) in [4.78, 5) is 0. The molecule has 0 bridgehead atoms. The summed E-state index contributed by atoms with van der Waals surface area (Å²) in [7, 11) is -1.82. The topological polar surface area (TPSA) is 69.4 Å². The van der Waals surface area contributed by atoms with E-state index in [1.807, 2.05) is 4.68 Å². The van der Waals surface area contributed by atoms with Crippen molar-refractivity contribution in [1.29, 1.82) is 0 Å². The third kappa shape index (κ3) is 6.54. The van der Waals surface area contributed by atoms with E-state index in [4.69, 9.17) is 9.47 Å². The normalized spacial score (nSPS) is 16.9. The van der Waals surface area contributed by atoms with Crippen molar-refractivity contribution in [3.05, 3.63) is 35.0 Å². The number of aryl methyl sites for hydroxylation is 2. The SMILES string of the molecule is CCc1cc(-c2nnn(CCC3COCCO3)c2C(C)(C)O)ccc1C#C[Si](C(C)C)(C(C)C)C(C)C. The van der Waals surface area contributed by atoms with Gasteiger partial charge in [0.1, 0.15) is 19.4 Å². The Morgan fingerprint density at radius 1 is 1.11 bits per heavy atom. The molecular formula is C30H47N3O3Si. The van der Waals surface area contributed by atoms with E-state index >= 15 is 0 Å². The van der Waals surface area contributed by atoms with Gasteiger partial charge in [0, 0.05) is 17.7 Å². The van der Waals surface area contributed by atoms with Gasteiger partial charge in [0.15, 0.2) is 0 Å². The van der Waals surface area contributed by atoms with Gasteiger partial charge in [-0.2, -0.15) is 0 Å². The zero-order chi connectivity index (χ0) is 27.4. The molecule has 1 fully saturated rings. The summed E-state index contributed by atoms with van der Waals surface area (Å²) in [5, 5.41) is 20.0. The second-order valence-electron chi connectivity index (χ2n) is 11.8. The summed E-state index contributed by atoms with van der Waals surface area (Å²) in [5.41, 5.74) is 9.26. The molecule has 7 heteroatoms. The fraction of sp³-hybridized carbons (Fsp3) is 0.667. The predicted octanol–water partition coefficient (Wildman–Crippen LogP) is 6.11. The third-order valence-corrected chi connectivity index (χ3v) is 14.2. The molecule has 37 heavy (non-hydrogen) atoms. The summed E-state index contributed by atoms with van der Waals surface area (Å²) in [6, 6.07) is 6.38. The van der Waals surface area contributed by atoms with Crippen molar-refractivity contribution in [1.82, 2.24) is 15.0 Å². The fourth-order valence-electron chi connectivity index (χ4n) is 6.00. The van der Waals surface area contributed by atoms with E-state index in [0.29, 0.717) is 43.0 Å². The van der Waals surface area contributed by atoms with Gasteiger partial charge in [-0.25, -0.2) is 4.68 Å². The van der Waals surface area contributed by atoms with Crippen molar-refractivity contribution in [2.75, 3.05) is 19.8 Å². The van der Waals surface area contributed by atoms with E-state index < -0.39 is 13.7 Å². The highest BCUT2D eigenvalue weighted by molar-refractivity contribution is 6.90. The van der Waals surface area contributed by atoms with E-state index in [2.05, 4.69) is 88.4 Å². The number of hydrogen-bond donors (Lipinski definition) is 1. The van der Waals surface area contributed by atoms with Crippen LogP contribution in [0.15, 0.2) is 18.2 Å². The standard InChI is InChI=1S/C30H47N3O3Si/c1-10-24-19-26(12-11-25(24)14-18-37(21(2)3,22(4)5)23(6)7)28-29(30(8,9)34)33(32-31-28)15-13-27-20-35-16-17-36-27/h11-12,19,21-23,27,34H,10,13,15-17,20H2,1-9H3. The van der Waals surface area contributed by atoms with Gasteiger partial charge in [-0.15, -0.1) is 10.6 Å². The number of aromatic nitrogens is 3. The molecule has 1 aliphatic heterocycles. The van der Waals surface area contributed by atoms with Crippen LogP contribution in [0.1, 0.15) is 85.6 Å². The molecule has 2 heterocycles. The van der Waals surface area contributed by atoms with Crippen LogP contribution in [0.2, 0.25) is 16.6 Å². The highest BCUT2D eigenvalue weighted by atomic mass is 28.3. The molecule has 1 aliphatic rings. The van der Waals surface area contributed by atoms with Gasteiger partial charge in [0.25, 0.3) is 0 Å². The van der Waals surface area contributed by atoms with Crippen LogP contribution < -0.4 is 0 Å². The largest absolute Gasteiger partial charge is 0.384 e. The van der Waals surface area contributed by atoms with Crippen LogP contribution in [0.5, 0.6) is 0 Å². The Bertz CT molecular complexity index is 1080. The molecule has 1 atom stereocenters. The third-order valence-electron chi connectivity index (χ3n) is 7.90. The molecule has 1 aromatic carbocycles. The molecule has 1 N–H and O–H groups in total. The lowest BCUT2D eigenvalue weighted by molar-refractivity contribution is -0.0922.